The lowest BCUT2D eigenvalue weighted by molar-refractivity contribution is 0.302. The number of rotatable bonds is 7. The van der Waals surface area contributed by atoms with Gasteiger partial charge in [0.05, 0.1) is 5.37 Å². The zero-order chi connectivity index (χ0) is 17.5. The van der Waals surface area contributed by atoms with Crippen LogP contribution in [0, 0.1) is 5.82 Å². The molecule has 0 radical (unpaired) electrons. The van der Waals surface area contributed by atoms with E-state index in [0.29, 0.717) is 12.1 Å². The van der Waals surface area contributed by atoms with Crippen LogP contribution in [0.4, 0.5) is 4.39 Å². The number of hydrogen-bond acceptors (Lipinski definition) is 3. The highest BCUT2D eigenvalue weighted by Crippen LogP contribution is 2.32. The largest absolute Gasteiger partial charge is 0.309 e. The zero-order valence-corrected chi connectivity index (χ0v) is 15.6. The summed E-state index contributed by atoms with van der Waals surface area (Å²) >= 11 is 1.87. The van der Waals surface area contributed by atoms with Gasteiger partial charge in [0, 0.05) is 12.1 Å². The molecular weight excluding hydrogens is 331 g/mol. The summed E-state index contributed by atoms with van der Waals surface area (Å²) in [6.07, 6.45) is 3.41. The third kappa shape index (κ3) is 5.06. The van der Waals surface area contributed by atoms with Gasteiger partial charge in [-0.2, -0.15) is 0 Å². The van der Waals surface area contributed by atoms with Crippen LogP contribution in [-0.4, -0.2) is 18.3 Å². The Bertz CT molecular complexity index is 649. The predicted molar refractivity (Wildman–Crippen MR) is 105 cm³/mol. The Labute approximate surface area is 154 Å². The van der Waals surface area contributed by atoms with Crippen LogP contribution in [0.2, 0.25) is 0 Å². The second-order valence-corrected chi connectivity index (χ2v) is 7.78. The predicted octanol–water partition coefficient (Wildman–Crippen LogP) is 5.05. The number of thioether (sulfide) groups is 1. The first-order valence-electron chi connectivity index (χ1n) is 9.19. The molecule has 0 spiro atoms. The van der Waals surface area contributed by atoms with E-state index in [9.17, 15) is 4.39 Å². The molecule has 0 aliphatic carbocycles. The lowest BCUT2D eigenvalue weighted by Gasteiger charge is -2.36. The van der Waals surface area contributed by atoms with E-state index >= 15 is 0 Å². The van der Waals surface area contributed by atoms with Crippen molar-refractivity contribution in [3.63, 3.8) is 0 Å². The topological polar surface area (TPSA) is 24.1 Å². The van der Waals surface area contributed by atoms with Gasteiger partial charge in [-0.3, -0.25) is 5.32 Å². The van der Waals surface area contributed by atoms with Gasteiger partial charge >= 0.3 is 0 Å². The smallest absolute Gasteiger partial charge is 0.123 e. The van der Waals surface area contributed by atoms with Crippen LogP contribution in [0.1, 0.15) is 48.7 Å². The van der Waals surface area contributed by atoms with E-state index in [2.05, 4.69) is 47.9 Å². The number of halogens is 1. The van der Waals surface area contributed by atoms with Gasteiger partial charge in [0.2, 0.25) is 0 Å². The van der Waals surface area contributed by atoms with Crippen LogP contribution in [0.5, 0.6) is 0 Å². The SMILES string of the molecule is CCCSC(N[C@@H]1CCCN[C@@H]1c1ccccc1)c1cccc(F)c1. The van der Waals surface area contributed by atoms with Gasteiger partial charge < -0.3 is 5.32 Å². The van der Waals surface area contributed by atoms with Crippen molar-refractivity contribution in [1.29, 1.82) is 0 Å². The Kier molecular flexibility index (Phi) is 6.91. The highest BCUT2D eigenvalue weighted by molar-refractivity contribution is 7.99. The van der Waals surface area contributed by atoms with Crippen molar-refractivity contribution in [2.24, 2.45) is 0 Å². The molecule has 1 fully saturated rings. The molecule has 2 aromatic rings. The molecule has 0 aromatic heterocycles. The molecule has 1 aliphatic rings. The summed E-state index contributed by atoms with van der Waals surface area (Å²) in [5, 5.41) is 7.60. The molecule has 0 bridgehead atoms. The van der Waals surface area contributed by atoms with Gasteiger partial charge in [-0.05, 0) is 54.8 Å². The Morgan fingerprint density at radius 1 is 1.20 bits per heavy atom. The minimum Gasteiger partial charge on any atom is -0.309 e. The fourth-order valence-electron chi connectivity index (χ4n) is 3.42. The normalized spacial score (nSPS) is 21.8. The van der Waals surface area contributed by atoms with Crippen molar-refractivity contribution in [1.82, 2.24) is 10.6 Å². The minimum absolute atomic E-state index is 0.117. The molecule has 1 aliphatic heterocycles. The highest BCUT2D eigenvalue weighted by atomic mass is 32.2. The third-order valence-corrected chi connectivity index (χ3v) is 6.01. The zero-order valence-electron chi connectivity index (χ0n) is 14.7. The Balaban J connectivity index is 1.78. The molecule has 0 amide bonds. The second-order valence-electron chi connectivity index (χ2n) is 6.56. The van der Waals surface area contributed by atoms with Crippen molar-refractivity contribution in [2.75, 3.05) is 12.3 Å². The molecule has 1 heterocycles. The monoisotopic (exact) mass is 358 g/mol. The molecule has 0 saturated carbocycles. The first-order valence-corrected chi connectivity index (χ1v) is 10.2. The average Bonchev–Trinajstić information content (AvgIpc) is 2.66. The molecule has 1 saturated heterocycles. The lowest BCUT2D eigenvalue weighted by atomic mass is 9.92. The van der Waals surface area contributed by atoms with E-state index in [4.69, 9.17) is 0 Å². The Morgan fingerprint density at radius 3 is 2.80 bits per heavy atom. The minimum atomic E-state index is -0.164. The highest BCUT2D eigenvalue weighted by Gasteiger charge is 2.28. The molecule has 4 heteroatoms. The van der Waals surface area contributed by atoms with Gasteiger partial charge in [-0.15, -0.1) is 11.8 Å². The van der Waals surface area contributed by atoms with Crippen LogP contribution in [0.15, 0.2) is 54.6 Å². The summed E-state index contributed by atoms with van der Waals surface area (Å²) in [4.78, 5) is 0. The quantitative estimate of drug-likeness (QED) is 0.677. The number of benzene rings is 2. The van der Waals surface area contributed by atoms with Gasteiger partial charge in [0.25, 0.3) is 0 Å². The summed E-state index contributed by atoms with van der Waals surface area (Å²) in [6, 6.07) is 18.3. The van der Waals surface area contributed by atoms with E-state index in [1.807, 2.05) is 17.8 Å². The standard InChI is InChI=1S/C21H27FN2S/c1-2-14-25-21(17-10-6-11-18(22)15-17)24-19-12-7-13-23-20(19)16-8-4-3-5-9-16/h3-6,8-11,15,19-21,23-24H,2,7,12-14H2,1H3/t19-,20-,21?/m1/s1. The van der Waals surface area contributed by atoms with Crippen LogP contribution in [0.3, 0.4) is 0 Å². The summed E-state index contributed by atoms with van der Waals surface area (Å²) in [5.74, 6) is 0.896. The van der Waals surface area contributed by atoms with E-state index in [1.165, 1.54) is 11.6 Å². The van der Waals surface area contributed by atoms with Crippen LogP contribution >= 0.6 is 11.8 Å². The van der Waals surface area contributed by atoms with Crippen molar-refractivity contribution in [2.45, 2.75) is 43.6 Å². The van der Waals surface area contributed by atoms with E-state index in [-0.39, 0.29) is 11.2 Å². The molecule has 2 aromatic carbocycles. The Morgan fingerprint density at radius 2 is 2.04 bits per heavy atom. The van der Waals surface area contributed by atoms with Crippen LogP contribution in [-0.2, 0) is 0 Å². The van der Waals surface area contributed by atoms with Crippen molar-refractivity contribution in [3.8, 4) is 0 Å². The summed E-state index contributed by atoms with van der Waals surface area (Å²) in [7, 11) is 0. The number of piperidine rings is 1. The van der Waals surface area contributed by atoms with Gasteiger partial charge in [0.15, 0.2) is 0 Å². The van der Waals surface area contributed by atoms with Crippen LogP contribution in [0.25, 0.3) is 0 Å². The molecule has 1 unspecified atom stereocenters. The van der Waals surface area contributed by atoms with E-state index in [1.54, 1.807) is 12.1 Å². The molecule has 3 atom stereocenters. The maximum Gasteiger partial charge on any atom is 0.123 e. The first kappa shape index (κ1) is 18.4. The summed E-state index contributed by atoms with van der Waals surface area (Å²) < 4.78 is 13.7. The van der Waals surface area contributed by atoms with Gasteiger partial charge in [-0.25, -0.2) is 4.39 Å². The first-order chi connectivity index (χ1) is 12.3. The van der Waals surface area contributed by atoms with Crippen molar-refractivity contribution in [3.05, 3.63) is 71.5 Å². The lowest BCUT2D eigenvalue weighted by Crippen LogP contribution is -2.46. The second kappa shape index (κ2) is 9.37. The van der Waals surface area contributed by atoms with E-state index < -0.39 is 0 Å². The fraction of sp³-hybridized carbons (Fsp3) is 0.429. The molecule has 134 valence electrons. The summed E-state index contributed by atoms with van der Waals surface area (Å²) in [5.41, 5.74) is 2.34. The number of nitrogens with one attached hydrogen (secondary N) is 2. The van der Waals surface area contributed by atoms with Gasteiger partial charge in [-0.1, -0.05) is 49.4 Å². The molecular formula is C21H27FN2S. The molecule has 25 heavy (non-hydrogen) atoms. The fourth-order valence-corrected chi connectivity index (χ4v) is 4.50. The van der Waals surface area contributed by atoms with Crippen molar-refractivity contribution >= 4 is 11.8 Å². The van der Waals surface area contributed by atoms with Crippen LogP contribution < -0.4 is 10.6 Å². The average molecular weight is 359 g/mol. The van der Waals surface area contributed by atoms with Gasteiger partial charge in [0.1, 0.15) is 5.82 Å². The summed E-state index contributed by atoms with van der Waals surface area (Å²) in [6.45, 7) is 3.23. The maximum atomic E-state index is 13.7. The Hall–Kier alpha value is -1.36. The molecule has 2 N–H and O–H groups in total. The van der Waals surface area contributed by atoms with Crippen molar-refractivity contribution < 1.29 is 4.39 Å². The molecule has 3 rings (SSSR count). The third-order valence-electron chi connectivity index (χ3n) is 4.62. The number of hydrogen-bond donors (Lipinski definition) is 2. The maximum absolute atomic E-state index is 13.7. The van der Waals surface area contributed by atoms with E-state index in [0.717, 1.165) is 37.1 Å². The molecule has 2 nitrogen and oxygen atoms in total.